The van der Waals surface area contributed by atoms with E-state index >= 15 is 0 Å². The molecule has 0 aromatic heterocycles. The van der Waals surface area contributed by atoms with Crippen LogP contribution in [0.1, 0.15) is 25.0 Å². The van der Waals surface area contributed by atoms with Crippen LogP contribution in [-0.2, 0) is 12.8 Å². The first kappa shape index (κ1) is 16.3. The maximum Gasteiger partial charge on any atom is 0.175 e. The van der Waals surface area contributed by atoms with E-state index in [9.17, 15) is 0 Å². The van der Waals surface area contributed by atoms with Crippen molar-refractivity contribution in [3.8, 4) is 5.75 Å². The Hall–Kier alpha value is -2.07. The van der Waals surface area contributed by atoms with Gasteiger partial charge in [-0.25, -0.2) is 0 Å². The van der Waals surface area contributed by atoms with Gasteiger partial charge in [-0.1, -0.05) is 32.0 Å². The lowest BCUT2D eigenvalue weighted by molar-refractivity contribution is 0.415. The van der Waals surface area contributed by atoms with Crippen LogP contribution in [0.3, 0.4) is 0 Å². The van der Waals surface area contributed by atoms with E-state index < -0.39 is 0 Å². The third-order valence-electron chi connectivity index (χ3n) is 3.59. The van der Waals surface area contributed by atoms with Crippen LogP contribution in [0.2, 0.25) is 0 Å². The SMILES string of the molecule is CCc1cccc(CC)c1NC(=S)Nc1ccc(OC)cc1. The molecule has 4 heteroatoms. The number of benzene rings is 2. The molecule has 22 heavy (non-hydrogen) atoms. The molecule has 3 nitrogen and oxygen atoms in total. The van der Waals surface area contributed by atoms with Gasteiger partial charge in [0, 0.05) is 11.4 Å². The van der Waals surface area contributed by atoms with Gasteiger partial charge in [-0.3, -0.25) is 0 Å². The minimum absolute atomic E-state index is 0.598. The fourth-order valence-corrected chi connectivity index (χ4v) is 2.57. The largest absolute Gasteiger partial charge is 0.497 e. The summed E-state index contributed by atoms with van der Waals surface area (Å²) in [5.41, 5.74) is 4.61. The maximum absolute atomic E-state index is 5.44. The van der Waals surface area contributed by atoms with E-state index in [1.807, 2.05) is 24.3 Å². The van der Waals surface area contributed by atoms with Crippen LogP contribution in [0.5, 0.6) is 5.75 Å². The Morgan fingerprint density at radius 3 is 2.05 bits per heavy atom. The molecule has 0 saturated heterocycles. The molecule has 0 aliphatic rings. The summed E-state index contributed by atoms with van der Waals surface area (Å²) in [4.78, 5) is 0. The predicted molar refractivity (Wildman–Crippen MR) is 98.0 cm³/mol. The Kier molecular flexibility index (Phi) is 5.78. The number of rotatable bonds is 5. The smallest absolute Gasteiger partial charge is 0.175 e. The molecule has 0 atom stereocenters. The molecule has 0 aliphatic heterocycles. The van der Waals surface area contributed by atoms with Gasteiger partial charge in [0.15, 0.2) is 5.11 Å². The predicted octanol–water partition coefficient (Wildman–Crippen LogP) is 4.63. The third-order valence-corrected chi connectivity index (χ3v) is 3.79. The summed E-state index contributed by atoms with van der Waals surface area (Å²) in [6.45, 7) is 4.31. The molecule has 0 spiro atoms. The van der Waals surface area contributed by atoms with Crippen LogP contribution in [0.4, 0.5) is 11.4 Å². The van der Waals surface area contributed by atoms with E-state index in [1.165, 1.54) is 11.1 Å². The van der Waals surface area contributed by atoms with Gasteiger partial charge < -0.3 is 15.4 Å². The van der Waals surface area contributed by atoms with Crippen molar-refractivity contribution in [1.82, 2.24) is 0 Å². The van der Waals surface area contributed by atoms with Crippen molar-refractivity contribution in [2.24, 2.45) is 0 Å². The highest BCUT2D eigenvalue weighted by molar-refractivity contribution is 7.80. The molecule has 2 rings (SSSR count). The lowest BCUT2D eigenvalue weighted by Crippen LogP contribution is -2.20. The summed E-state index contributed by atoms with van der Waals surface area (Å²) >= 11 is 5.44. The zero-order chi connectivity index (χ0) is 15.9. The number of nitrogens with one attached hydrogen (secondary N) is 2. The zero-order valence-corrected chi connectivity index (χ0v) is 14.1. The minimum Gasteiger partial charge on any atom is -0.497 e. The molecule has 0 bridgehead atoms. The van der Waals surface area contributed by atoms with Crippen molar-refractivity contribution in [2.75, 3.05) is 17.7 Å². The molecular weight excluding hydrogens is 292 g/mol. The van der Waals surface area contributed by atoms with Crippen molar-refractivity contribution in [3.63, 3.8) is 0 Å². The van der Waals surface area contributed by atoms with Crippen molar-refractivity contribution < 1.29 is 4.74 Å². The van der Waals surface area contributed by atoms with Crippen LogP contribution in [0.15, 0.2) is 42.5 Å². The molecule has 0 amide bonds. The third kappa shape index (κ3) is 3.98. The summed E-state index contributed by atoms with van der Waals surface area (Å²) in [5, 5.41) is 7.15. The van der Waals surface area contributed by atoms with Gasteiger partial charge in [-0.2, -0.15) is 0 Å². The second kappa shape index (κ2) is 7.80. The topological polar surface area (TPSA) is 33.3 Å². The van der Waals surface area contributed by atoms with Gasteiger partial charge in [0.1, 0.15) is 5.75 Å². The highest BCUT2D eigenvalue weighted by Crippen LogP contribution is 2.23. The van der Waals surface area contributed by atoms with E-state index in [0.717, 1.165) is 30.0 Å². The number of thiocarbonyl (C=S) groups is 1. The molecule has 0 unspecified atom stereocenters. The molecule has 0 radical (unpaired) electrons. The number of para-hydroxylation sites is 1. The minimum atomic E-state index is 0.598. The number of anilines is 2. The van der Waals surface area contributed by atoms with E-state index in [-0.39, 0.29) is 0 Å². The molecule has 2 aromatic rings. The van der Waals surface area contributed by atoms with Gasteiger partial charge in [0.2, 0.25) is 0 Å². The van der Waals surface area contributed by atoms with Crippen LogP contribution in [-0.4, -0.2) is 12.2 Å². The van der Waals surface area contributed by atoms with Crippen LogP contribution >= 0.6 is 12.2 Å². The second-order valence-corrected chi connectivity index (χ2v) is 5.37. The summed E-state index contributed by atoms with van der Waals surface area (Å²) in [7, 11) is 1.66. The fourth-order valence-electron chi connectivity index (χ4n) is 2.35. The summed E-state index contributed by atoms with van der Waals surface area (Å²) < 4.78 is 5.15. The Morgan fingerprint density at radius 1 is 0.955 bits per heavy atom. The molecule has 2 N–H and O–H groups in total. The second-order valence-electron chi connectivity index (χ2n) is 4.97. The molecule has 116 valence electrons. The van der Waals surface area contributed by atoms with Crippen molar-refractivity contribution >= 4 is 28.7 Å². The van der Waals surface area contributed by atoms with Gasteiger partial charge in [0.25, 0.3) is 0 Å². The molecule has 0 fully saturated rings. The number of hydrogen-bond donors (Lipinski definition) is 2. The maximum atomic E-state index is 5.44. The number of methoxy groups -OCH3 is 1. The average molecular weight is 314 g/mol. The lowest BCUT2D eigenvalue weighted by Gasteiger charge is -2.17. The van der Waals surface area contributed by atoms with E-state index in [0.29, 0.717) is 5.11 Å². The fraction of sp³-hybridized carbons (Fsp3) is 0.278. The highest BCUT2D eigenvalue weighted by Gasteiger charge is 2.08. The van der Waals surface area contributed by atoms with E-state index in [4.69, 9.17) is 17.0 Å². The number of ether oxygens (including phenoxy) is 1. The summed E-state index contributed by atoms with van der Waals surface area (Å²) in [6, 6.07) is 14.1. The standard InChI is InChI=1S/C18H22N2OS/c1-4-13-7-6-8-14(5-2)17(13)20-18(22)19-15-9-11-16(21-3)12-10-15/h6-12H,4-5H2,1-3H3,(H2,19,20,22). The Balaban J connectivity index is 2.11. The van der Waals surface area contributed by atoms with Crippen molar-refractivity contribution in [3.05, 3.63) is 53.6 Å². The number of hydrogen-bond acceptors (Lipinski definition) is 2. The molecule has 0 saturated carbocycles. The van der Waals surface area contributed by atoms with Crippen LogP contribution in [0, 0.1) is 0 Å². The normalized spacial score (nSPS) is 10.1. The molecule has 0 heterocycles. The van der Waals surface area contributed by atoms with Gasteiger partial charge in [-0.05, 0) is 60.5 Å². The summed E-state index contributed by atoms with van der Waals surface area (Å²) in [6.07, 6.45) is 1.95. The quantitative estimate of drug-likeness (QED) is 0.788. The van der Waals surface area contributed by atoms with Crippen molar-refractivity contribution in [2.45, 2.75) is 26.7 Å². The summed E-state index contributed by atoms with van der Waals surface area (Å²) in [5.74, 6) is 0.828. The monoisotopic (exact) mass is 314 g/mol. The zero-order valence-electron chi connectivity index (χ0n) is 13.3. The van der Waals surface area contributed by atoms with Gasteiger partial charge in [0.05, 0.1) is 7.11 Å². The first-order chi connectivity index (χ1) is 10.7. The lowest BCUT2D eigenvalue weighted by atomic mass is 10.0. The number of aryl methyl sites for hydroxylation is 2. The first-order valence-electron chi connectivity index (χ1n) is 7.50. The van der Waals surface area contributed by atoms with Gasteiger partial charge in [-0.15, -0.1) is 0 Å². The highest BCUT2D eigenvalue weighted by atomic mass is 32.1. The Bertz CT molecular complexity index is 616. The van der Waals surface area contributed by atoms with Gasteiger partial charge >= 0.3 is 0 Å². The van der Waals surface area contributed by atoms with Crippen LogP contribution < -0.4 is 15.4 Å². The van der Waals surface area contributed by atoms with Crippen LogP contribution in [0.25, 0.3) is 0 Å². The molecular formula is C18H22N2OS. The molecule has 0 aliphatic carbocycles. The average Bonchev–Trinajstić information content (AvgIpc) is 2.55. The van der Waals surface area contributed by atoms with Crippen molar-refractivity contribution in [1.29, 1.82) is 0 Å². The Morgan fingerprint density at radius 2 is 1.55 bits per heavy atom. The van der Waals surface area contributed by atoms with E-state index in [2.05, 4.69) is 42.7 Å². The Labute approximate surface area is 137 Å². The van der Waals surface area contributed by atoms with E-state index in [1.54, 1.807) is 7.11 Å². The first-order valence-corrected chi connectivity index (χ1v) is 7.91. The molecule has 2 aromatic carbocycles.